The molecule has 0 spiro atoms. The monoisotopic (exact) mass is 551 g/mol. The number of hydrogen-bond acceptors (Lipinski definition) is 5. The van der Waals surface area contributed by atoms with Crippen LogP contribution in [0.15, 0.2) is 36.4 Å². The van der Waals surface area contributed by atoms with Crippen LogP contribution in [0.2, 0.25) is 0 Å². The van der Waals surface area contributed by atoms with Crippen molar-refractivity contribution in [2.75, 3.05) is 12.4 Å². The summed E-state index contributed by atoms with van der Waals surface area (Å²) in [4.78, 5) is 25.4. The Morgan fingerprint density at radius 2 is 1.69 bits per heavy atom. The van der Waals surface area contributed by atoms with Gasteiger partial charge < -0.3 is 30.5 Å². The van der Waals surface area contributed by atoms with Crippen molar-refractivity contribution >= 4 is 17.8 Å². The molecule has 3 atom stereocenters. The second-order valence-electron chi connectivity index (χ2n) is 11.6. The van der Waals surface area contributed by atoms with Crippen LogP contribution in [-0.4, -0.2) is 42.2 Å². The number of alkyl carbamates (subject to hydrolysis) is 1. The van der Waals surface area contributed by atoms with Gasteiger partial charge >= 0.3 is 18.3 Å². The zero-order valence-electron chi connectivity index (χ0n) is 23.1. The molecule has 39 heavy (non-hydrogen) atoms. The molecule has 1 aliphatic carbocycles. The van der Waals surface area contributed by atoms with Crippen LogP contribution < -0.4 is 20.7 Å². The average molecular weight is 552 g/mol. The van der Waals surface area contributed by atoms with Crippen molar-refractivity contribution in [1.82, 2.24) is 10.6 Å². The highest BCUT2D eigenvalue weighted by molar-refractivity contribution is 5.92. The summed E-state index contributed by atoms with van der Waals surface area (Å²) >= 11 is 0. The van der Waals surface area contributed by atoms with E-state index in [0.717, 1.165) is 5.56 Å². The Kier molecular flexibility index (Phi) is 8.45. The molecule has 0 aliphatic heterocycles. The summed E-state index contributed by atoms with van der Waals surface area (Å²) in [6.07, 6.45) is -6.71. The highest BCUT2D eigenvalue weighted by Crippen LogP contribution is 2.43. The van der Waals surface area contributed by atoms with Gasteiger partial charge in [-0.1, -0.05) is 45.0 Å². The molecule has 0 fully saturated rings. The van der Waals surface area contributed by atoms with Gasteiger partial charge in [0.25, 0.3) is 0 Å². The molecule has 2 aromatic rings. The van der Waals surface area contributed by atoms with Gasteiger partial charge in [0.2, 0.25) is 0 Å². The molecule has 11 heteroatoms. The number of fused-ring (bicyclic) bond motifs is 1. The summed E-state index contributed by atoms with van der Waals surface area (Å²) in [5, 5.41) is 17.8. The number of aliphatic hydroxyl groups is 1. The molecule has 2 aromatic carbocycles. The van der Waals surface area contributed by atoms with Gasteiger partial charge in [0.15, 0.2) is 6.04 Å². The number of carbonyl (C=O) groups excluding carboxylic acids is 2. The van der Waals surface area contributed by atoms with Crippen LogP contribution in [0.1, 0.15) is 75.9 Å². The summed E-state index contributed by atoms with van der Waals surface area (Å²) in [7, 11) is 1.18. The summed E-state index contributed by atoms with van der Waals surface area (Å²) in [5.41, 5.74) is -0.00645. The minimum atomic E-state index is -4.92. The Hall–Kier alpha value is -3.47. The lowest BCUT2D eigenvalue weighted by atomic mass is 9.84. The maximum atomic E-state index is 14.3. The van der Waals surface area contributed by atoms with Gasteiger partial charge in [0, 0.05) is 5.56 Å². The number of anilines is 1. The largest absolute Gasteiger partial charge is 0.494 e. The lowest BCUT2D eigenvalue weighted by Gasteiger charge is -2.29. The fraction of sp³-hybridized carbons (Fsp3) is 0.500. The lowest BCUT2D eigenvalue weighted by molar-refractivity contribution is -0.157. The van der Waals surface area contributed by atoms with E-state index in [1.165, 1.54) is 40.0 Å². The van der Waals surface area contributed by atoms with Crippen LogP contribution in [0.5, 0.6) is 5.75 Å². The number of carbonyl (C=O) groups is 2. The van der Waals surface area contributed by atoms with Gasteiger partial charge in [-0.3, -0.25) is 0 Å². The van der Waals surface area contributed by atoms with Crippen molar-refractivity contribution in [2.45, 2.75) is 83.3 Å². The van der Waals surface area contributed by atoms with Crippen molar-refractivity contribution in [2.24, 2.45) is 0 Å². The van der Waals surface area contributed by atoms with E-state index in [0.29, 0.717) is 17.5 Å². The van der Waals surface area contributed by atoms with Crippen LogP contribution in [-0.2, 0) is 16.6 Å². The predicted octanol–water partition coefficient (Wildman–Crippen LogP) is 5.90. The van der Waals surface area contributed by atoms with E-state index in [1.807, 2.05) is 17.4 Å². The van der Waals surface area contributed by atoms with Crippen molar-refractivity contribution in [1.29, 1.82) is 0 Å². The number of rotatable bonds is 5. The number of nitrogens with one attached hydrogen (secondary N) is 3. The van der Waals surface area contributed by atoms with Crippen LogP contribution in [0.4, 0.5) is 28.4 Å². The third kappa shape index (κ3) is 7.35. The number of benzene rings is 2. The Labute approximate surface area is 226 Å². The highest BCUT2D eigenvalue weighted by atomic mass is 19.4. The minimum Gasteiger partial charge on any atom is -0.494 e. The topological polar surface area (TPSA) is 109 Å². The first kappa shape index (κ1) is 30.1. The summed E-state index contributed by atoms with van der Waals surface area (Å²) in [6.45, 7) is 10.0. The molecular formula is C28H36F3N3O5. The highest BCUT2D eigenvalue weighted by Gasteiger charge is 2.45. The summed E-state index contributed by atoms with van der Waals surface area (Å²) in [6, 6.07) is 6.24. The van der Waals surface area contributed by atoms with E-state index in [-0.39, 0.29) is 11.4 Å². The molecule has 1 unspecified atom stereocenters. The maximum Gasteiger partial charge on any atom is 0.413 e. The molecule has 0 heterocycles. The Balaban J connectivity index is 1.98. The second-order valence-corrected chi connectivity index (χ2v) is 11.6. The molecule has 3 amide bonds. The van der Waals surface area contributed by atoms with Gasteiger partial charge in [-0.25, -0.2) is 9.59 Å². The Bertz CT molecular complexity index is 1220. The lowest BCUT2D eigenvalue weighted by Crippen LogP contribution is -2.42. The number of aliphatic hydroxyl groups excluding tert-OH is 1. The minimum absolute atomic E-state index is 0.0253. The quantitative estimate of drug-likeness (QED) is 0.370. The molecular weight excluding hydrogens is 515 g/mol. The van der Waals surface area contributed by atoms with E-state index in [2.05, 4.69) is 10.6 Å². The molecule has 0 aromatic heterocycles. The first-order valence-electron chi connectivity index (χ1n) is 12.5. The fourth-order valence-corrected chi connectivity index (χ4v) is 4.41. The zero-order valence-corrected chi connectivity index (χ0v) is 23.1. The van der Waals surface area contributed by atoms with E-state index in [1.54, 1.807) is 32.9 Å². The molecule has 3 rings (SSSR count). The van der Waals surface area contributed by atoms with Crippen molar-refractivity contribution in [3.8, 4) is 5.75 Å². The second kappa shape index (κ2) is 11.0. The molecule has 1 aliphatic rings. The van der Waals surface area contributed by atoms with Crippen molar-refractivity contribution < 1.29 is 37.3 Å². The van der Waals surface area contributed by atoms with Crippen molar-refractivity contribution in [3.05, 3.63) is 58.7 Å². The van der Waals surface area contributed by atoms with Crippen LogP contribution in [0.25, 0.3) is 0 Å². The van der Waals surface area contributed by atoms with Crippen molar-refractivity contribution in [3.63, 3.8) is 0 Å². The van der Waals surface area contributed by atoms with E-state index >= 15 is 0 Å². The summed E-state index contributed by atoms with van der Waals surface area (Å²) in [5.74, 6) is -0.271. The van der Waals surface area contributed by atoms with Gasteiger partial charge in [-0.05, 0) is 61.4 Å². The van der Waals surface area contributed by atoms with Gasteiger partial charge in [-0.15, -0.1) is 0 Å². The maximum absolute atomic E-state index is 14.3. The SMILES string of the molecule is COc1c(NC(=O)N[C@@H]2Cc3ccccc3[C@@H]2O)cc(C(C)(C)C)cc1C(NC(=O)OC(C)(C)C)C(F)(F)F. The predicted molar refractivity (Wildman–Crippen MR) is 141 cm³/mol. The normalized spacial score (nSPS) is 18.1. The van der Waals surface area contributed by atoms with Gasteiger partial charge in [0.1, 0.15) is 11.4 Å². The third-order valence-corrected chi connectivity index (χ3v) is 6.25. The van der Waals surface area contributed by atoms with Gasteiger partial charge in [-0.2, -0.15) is 13.2 Å². The average Bonchev–Trinajstić information content (AvgIpc) is 3.09. The first-order chi connectivity index (χ1) is 17.9. The first-order valence-corrected chi connectivity index (χ1v) is 12.5. The van der Waals surface area contributed by atoms with Crippen LogP contribution in [0, 0.1) is 0 Å². The molecule has 214 valence electrons. The summed E-state index contributed by atoms with van der Waals surface area (Å²) < 4.78 is 53.4. The Morgan fingerprint density at radius 3 is 2.23 bits per heavy atom. The van der Waals surface area contributed by atoms with Crippen LogP contribution in [0.3, 0.4) is 0 Å². The molecule has 8 nitrogen and oxygen atoms in total. The van der Waals surface area contributed by atoms with E-state index < -0.39 is 53.1 Å². The fourth-order valence-electron chi connectivity index (χ4n) is 4.41. The van der Waals surface area contributed by atoms with E-state index in [9.17, 15) is 27.9 Å². The molecule has 0 saturated heterocycles. The van der Waals surface area contributed by atoms with Gasteiger partial charge in [0.05, 0.1) is 24.9 Å². The number of methoxy groups -OCH3 is 1. The number of alkyl halides is 3. The molecule has 0 bridgehead atoms. The van der Waals surface area contributed by atoms with Crippen LogP contribution >= 0.6 is 0 Å². The Morgan fingerprint density at radius 1 is 1.05 bits per heavy atom. The molecule has 0 saturated carbocycles. The van der Waals surface area contributed by atoms with E-state index in [4.69, 9.17) is 9.47 Å². The smallest absolute Gasteiger partial charge is 0.413 e. The number of ether oxygens (including phenoxy) is 2. The number of hydrogen-bond donors (Lipinski definition) is 4. The zero-order chi connectivity index (χ0) is 29.3. The number of halogens is 3. The third-order valence-electron chi connectivity index (χ3n) is 6.25. The standard InChI is InChI=1S/C28H36F3N3O5/c1-26(2,3)16-13-18(23(28(29,30)31)34-25(37)39-27(4,5)6)22(38-7)20(14-16)33-24(36)32-19-12-15-10-8-9-11-17(15)21(19)35/h8-11,13-14,19,21,23,35H,12H2,1-7H3,(H,34,37)(H2,32,33,36)/t19-,21+,23?/m1/s1. The molecule has 0 radical (unpaired) electrons. The molecule has 4 N–H and O–H groups in total. The number of amides is 3. The number of urea groups is 1.